The SMILES string of the molecule is C=C(C)CN=C(N)NCCNC(=O)c1ccccc1O.I. The van der Waals surface area contributed by atoms with Crippen molar-refractivity contribution in [3.8, 4) is 5.75 Å². The van der Waals surface area contributed by atoms with Gasteiger partial charge in [-0.3, -0.25) is 4.79 Å². The monoisotopic (exact) mass is 404 g/mol. The van der Waals surface area contributed by atoms with Gasteiger partial charge in [-0.05, 0) is 19.1 Å². The van der Waals surface area contributed by atoms with Crippen LogP contribution in [0, 0.1) is 0 Å². The first-order valence-electron chi connectivity index (χ1n) is 6.25. The fraction of sp³-hybridized carbons (Fsp3) is 0.286. The Morgan fingerprint density at radius 1 is 1.33 bits per heavy atom. The molecule has 1 aromatic carbocycles. The standard InChI is InChI=1S/C14H20N4O2.HI/c1-10(2)9-18-14(15)17-8-7-16-13(20)11-5-3-4-6-12(11)19;/h3-6,19H,1,7-9H2,2H3,(H,16,20)(H3,15,17,18);1H. The van der Waals surface area contributed by atoms with Gasteiger partial charge in [0, 0.05) is 13.1 Å². The van der Waals surface area contributed by atoms with Crippen LogP contribution in [0.4, 0.5) is 0 Å². The van der Waals surface area contributed by atoms with Crippen molar-refractivity contribution in [1.29, 1.82) is 0 Å². The lowest BCUT2D eigenvalue weighted by Gasteiger charge is -2.08. The number of nitrogens with two attached hydrogens (primary N) is 1. The largest absolute Gasteiger partial charge is 0.507 e. The molecule has 5 N–H and O–H groups in total. The van der Waals surface area contributed by atoms with Crippen molar-refractivity contribution < 1.29 is 9.90 Å². The molecule has 0 saturated heterocycles. The number of amides is 1. The van der Waals surface area contributed by atoms with Crippen molar-refractivity contribution in [2.75, 3.05) is 19.6 Å². The van der Waals surface area contributed by atoms with E-state index in [-0.39, 0.29) is 41.2 Å². The van der Waals surface area contributed by atoms with Gasteiger partial charge in [-0.1, -0.05) is 24.3 Å². The number of hydrogen-bond acceptors (Lipinski definition) is 3. The highest BCUT2D eigenvalue weighted by atomic mass is 127. The maximum Gasteiger partial charge on any atom is 0.255 e. The van der Waals surface area contributed by atoms with E-state index < -0.39 is 0 Å². The normalized spacial score (nSPS) is 10.4. The summed E-state index contributed by atoms with van der Waals surface area (Å²) in [5, 5.41) is 15.1. The molecule has 0 spiro atoms. The number of rotatable bonds is 6. The van der Waals surface area contributed by atoms with E-state index in [1.807, 2.05) is 6.92 Å². The summed E-state index contributed by atoms with van der Waals surface area (Å²) in [4.78, 5) is 15.8. The van der Waals surface area contributed by atoms with E-state index in [4.69, 9.17) is 5.73 Å². The van der Waals surface area contributed by atoms with Crippen molar-refractivity contribution in [3.63, 3.8) is 0 Å². The van der Waals surface area contributed by atoms with Crippen LogP contribution in [0.15, 0.2) is 41.4 Å². The summed E-state index contributed by atoms with van der Waals surface area (Å²) in [6.07, 6.45) is 0. The van der Waals surface area contributed by atoms with Crippen molar-refractivity contribution >= 4 is 35.8 Å². The van der Waals surface area contributed by atoms with Gasteiger partial charge in [0.25, 0.3) is 5.91 Å². The quantitative estimate of drug-likeness (QED) is 0.188. The molecule has 0 unspecified atom stereocenters. The number of carbonyl (C=O) groups excluding carboxylic acids is 1. The highest BCUT2D eigenvalue weighted by molar-refractivity contribution is 14.0. The molecular formula is C14H21IN4O2. The predicted octanol–water partition coefficient (Wildman–Crippen LogP) is 1.22. The lowest BCUT2D eigenvalue weighted by atomic mass is 10.2. The first-order chi connectivity index (χ1) is 9.50. The number of phenols is 1. The molecule has 7 heteroatoms. The summed E-state index contributed by atoms with van der Waals surface area (Å²) < 4.78 is 0. The molecule has 0 fully saturated rings. The number of aliphatic imine (C=N–C) groups is 1. The highest BCUT2D eigenvalue weighted by Crippen LogP contribution is 2.14. The number of carbonyl (C=O) groups is 1. The van der Waals surface area contributed by atoms with Crippen LogP contribution in [0.1, 0.15) is 17.3 Å². The predicted molar refractivity (Wildman–Crippen MR) is 95.2 cm³/mol. The van der Waals surface area contributed by atoms with Gasteiger partial charge in [0.2, 0.25) is 0 Å². The topological polar surface area (TPSA) is 99.7 Å². The van der Waals surface area contributed by atoms with Gasteiger partial charge in [0.1, 0.15) is 5.75 Å². The summed E-state index contributed by atoms with van der Waals surface area (Å²) in [5.41, 5.74) is 6.78. The number of halogens is 1. The molecule has 0 aromatic heterocycles. The molecule has 0 aliphatic heterocycles. The summed E-state index contributed by atoms with van der Waals surface area (Å²) in [5.74, 6) is -0.0624. The molecule has 0 heterocycles. The lowest BCUT2D eigenvalue weighted by molar-refractivity contribution is 0.0951. The Bertz CT molecular complexity index is 517. The van der Waals surface area contributed by atoms with E-state index in [1.165, 1.54) is 6.07 Å². The fourth-order valence-electron chi connectivity index (χ4n) is 1.40. The van der Waals surface area contributed by atoms with Crippen LogP contribution >= 0.6 is 24.0 Å². The van der Waals surface area contributed by atoms with Crippen molar-refractivity contribution in [2.24, 2.45) is 10.7 Å². The van der Waals surface area contributed by atoms with Crippen LogP contribution in [0.5, 0.6) is 5.75 Å². The van der Waals surface area contributed by atoms with Crippen LogP contribution < -0.4 is 16.4 Å². The third-order valence-electron chi connectivity index (χ3n) is 2.38. The van der Waals surface area contributed by atoms with Gasteiger partial charge in [-0.15, -0.1) is 24.0 Å². The minimum Gasteiger partial charge on any atom is -0.507 e. The van der Waals surface area contributed by atoms with Crippen LogP contribution in [-0.2, 0) is 0 Å². The van der Waals surface area contributed by atoms with E-state index in [0.717, 1.165) is 5.57 Å². The summed E-state index contributed by atoms with van der Waals surface area (Å²) in [7, 11) is 0. The van der Waals surface area contributed by atoms with Gasteiger partial charge >= 0.3 is 0 Å². The first-order valence-corrected chi connectivity index (χ1v) is 6.25. The number of hydrogen-bond donors (Lipinski definition) is 4. The van der Waals surface area contributed by atoms with E-state index >= 15 is 0 Å². The van der Waals surface area contributed by atoms with Crippen LogP contribution in [-0.4, -0.2) is 36.6 Å². The minimum atomic E-state index is -0.331. The molecule has 0 aliphatic carbocycles. The van der Waals surface area contributed by atoms with Gasteiger partial charge in [0.15, 0.2) is 5.96 Å². The number of phenolic OH excluding ortho intramolecular Hbond substituents is 1. The number of para-hydroxylation sites is 1. The number of aromatic hydroxyl groups is 1. The maximum absolute atomic E-state index is 11.8. The number of nitrogens with one attached hydrogen (secondary N) is 2. The number of nitrogens with zero attached hydrogens (tertiary/aromatic N) is 1. The van der Waals surface area contributed by atoms with Crippen molar-refractivity contribution in [3.05, 3.63) is 42.0 Å². The van der Waals surface area contributed by atoms with Gasteiger partial charge in [-0.25, -0.2) is 4.99 Å². The summed E-state index contributed by atoms with van der Waals surface area (Å²) in [6, 6.07) is 6.37. The third kappa shape index (κ3) is 7.54. The molecule has 0 atom stereocenters. The van der Waals surface area contributed by atoms with E-state index in [9.17, 15) is 9.90 Å². The fourth-order valence-corrected chi connectivity index (χ4v) is 1.40. The Morgan fingerprint density at radius 2 is 1.95 bits per heavy atom. The summed E-state index contributed by atoms with van der Waals surface area (Å²) in [6.45, 7) is 6.88. The van der Waals surface area contributed by atoms with E-state index in [1.54, 1.807) is 18.2 Å². The number of guanidine groups is 1. The average Bonchev–Trinajstić information content (AvgIpc) is 2.41. The molecule has 0 saturated carbocycles. The molecule has 0 radical (unpaired) electrons. The molecule has 0 aliphatic rings. The molecular weight excluding hydrogens is 383 g/mol. The highest BCUT2D eigenvalue weighted by Gasteiger charge is 2.08. The van der Waals surface area contributed by atoms with Crippen LogP contribution in [0.25, 0.3) is 0 Å². The second-order valence-corrected chi connectivity index (χ2v) is 4.36. The Labute approximate surface area is 141 Å². The second-order valence-electron chi connectivity index (χ2n) is 4.36. The van der Waals surface area contributed by atoms with Gasteiger partial charge in [0.05, 0.1) is 12.1 Å². The Morgan fingerprint density at radius 3 is 2.57 bits per heavy atom. The second kappa shape index (κ2) is 10.0. The Kier molecular flexibility index (Phi) is 9.18. The van der Waals surface area contributed by atoms with Crippen LogP contribution in [0.2, 0.25) is 0 Å². The molecule has 1 rings (SSSR count). The zero-order valence-corrected chi connectivity index (χ0v) is 14.3. The Balaban J connectivity index is 0.00000400. The molecule has 6 nitrogen and oxygen atoms in total. The molecule has 1 amide bonds. The van der Waals surface area contributed by atoms with Crippen molar-refractivity contribution in [2.45, 2.75) is 6.92 Å². The lowest BCUT2D eigenvalue weighted by Crippen LogP contribution is -2.38. The zero-order valence-electron chi connectivity index (χ0n) is 11.9. The average molecular weight is 404 g/mol. The van der Waals surface area contributed by atoms with Crippen molar-refractivity contribution in [1.82, 2.24) is 10.6 Å². The maximum atomic E-state index is 11.8. The molecule has 116 valence electrons. The van der Waals surface area contributed by atoms with Gasteiger partial charge in [-0.2, -0.15) is 0 Å². The first kappa shape index (κ1) is 19.2. The Hall–Kier alpha value is -1.77. The third-order valence-corrected chi connectivity index (χ3v) is 2.38. The summed E-state index contributed by atoms with van der Waals surface area (Å²) >= 11 is 0. The molecule has 0 bridgehead atoms. The van der Waals surface area contributed by atoms with Gasteiger partial charge < -0.3 is 21.5 Å². The van der Waals surface area contributed by atoms with Crippen LogP contribution in [0.3, 0.4) is 0 Å². The smallest absolute Gasteiger partial charge is 0.255 e. The zero-order chi connectivity index (χ0) is 15.0. The molecule has 1 aromatic rings. The number of benzene rings is 1. The minimum absolute atomic E-state index is 0. The van der Waals surface area contributed by atoms with E-state index in [0.29, 0.717) is 25.6 Å². The van der Waals surface area contributed by atoms with E-state index in [2.05, 4.69) is 22.2 Å². The molecule has 21 heavy (non-hydrogen) atoms.